The first-order chi connectivity index (χ1) is 13.7. The van der Waals surface area contributed by atoms with E-state index in [-0.39, 0.29) is 11.7 Å². The number of carbonyl (C=O) groups is 2. The van der Waals surface area contributed by atoms with Gasteiger partial charge in [-0.2, -0.15) is 0 Å². The van der Waals surface area contributed by atoms with Gasteiger partial charge in [0.05, 0.1) is 0 Å². The standard InChI is InChI=1S/C23H17NO4/c25-22-18-4-2-1-3-16(18)17-7-6-15(12-19(17)22)23(26)24-13-14-5-8-20-21(11-14)28-10-9-27-20/h1-8,11-12H,9-10,13H2,(H,24,26). The zero-order valence-electron chi connectivity index (χ0n) is 15.0. The molecule has 1 heterocycles. The predicted molar refractivity (Wildman–Crippen MR) is 104 cm³/mol. The molecule has 0 radical (unpaired) electrons. The van der Waals surface area contributed by atoms with Gasteiger partial charge in [-0.3, -0.25) is 9.59 Å². The molecule has 2 aliphatic rings. The largest absolute Gasteiger partial charge is 0.486 e. The molecule has 3 aromatic carbocycles. The van der Waals surface area contributed by atoms with Crippen molar-refractivity contribution in [3.8, 4) is 22.6 Å². The number of ketones is 1. The Morgan fingerprint density at radius 2 is 1.57 bits per heavy atom. The molecular weight excluding hydrogens is 354 g/mol. The van der Waals surface area contributed by atoms with E-state index in [0.717, 1.165) is 22.4 Å². The molecule has 3 aromatic rings. The number of ether oxygens (including phenoxy) is 2. The Balaban J connectivity index is 1.34. The van der Waals surface area contributed by atoms with Crippen molar-refractivity contribution in [2.45, 2.75) is 6.54 Å². The zero-order valence-corrected chi connectivity index (χ0v) is 15.0. The second-order valence-electron chi connectivity index (χ2n) is 6.80. The fourth-order valence-corrected chi connectivity index (χ4v) is 3.65. The molecule has 0 atom stereocenters. The molecule has 1 amide bonds. The molecule has 1 N–H and O–H groups in total. The average Bonchev–Trinajstić information content (AvgIpc) is 3.04. The Morgan fingerprint density at radius 1 is 0.821 bits per heavy atom. The molecule has 28 heavy (non-hydrogen) atoms. The maximum Gasteiger partial charge on any atom is 0.251 e. The van der Waals surface area contributed by atoms with E-state index >= 15 is 0 Å². The van der Waals surface area contributed by atoms with Crippen LogP contribution in [0.4, 0.5) is 0 Å². The van der Waals surface area contributed by atoms with Crippen LogP contribution in [0.5, 0.6) is 11.5 Å². The SMILES string of the molecule is O=C(NCc1ccc2c(c1)OCCO2)c1ccc2c(c1)C(=O)c1ccccc1-2. The highest BCUT2D eigenvalue weighted by Crippen LogP contribution is 2.36. The van der Waals surface area contributed by atoms with Gasteiger partial charge in [0.2, 0.25) is 0 Å². The van der Waals surface area contributed by atoms with E-state index in [1.807, 2.05) is 48.5 Å². The van der Waals surface area contributed by atoms with Crippen molar-refractivity contribution in [1.29, 1.82) is 0 Å². The number of carbonyl (C=O) groups excluding carboxylic acids is 2. The Morgan fingerprint density at radius 3 is 2.43 bits per heavy atom. The maximum atomic E-state index is 12.6. The van der Waals surface area contributed by atoms with Gasteiger partial charge in [0.15, 0.2) is 17.3 Å². The number of amides is 1. The van der Waals surface area contributed by atoms with Crippen LogP contribution in [-0.2, 0) is 6.54 Å². The van der Waals surface area contributed by atoms with E-state index in [1.54, 1.807) is 12.1 Å². The molecule has 138 valence electrons. The van der Waals surface area contributed by atoms with E-state index in [0.29, 0.717) is 42.2 Å². The van der Waals surface area contributed by atoms with Gasteiger partial charge in [0.1, 0.15) is 13.2 Å². The lowest BCUT2D eigenvalue weighted by atomic mass is 10.0. The minimum Gasteiger partial charge on any atom is -0.486 e. The first-order valence-electron chi connectivity index (χ1n) is 9.15. The Labute approximate surface area is 161 Å². The number of hydrogen-bond donors (Lipinski definition) is 1. The molecule has 5 nitrogen and oxygen atoms in total. The van der Waals surface area contributed by atoms with Gasteiger partial charge in [-0.05, 0) is 41.0 Å². The first kappa shape index (κ1) is 16.6. The summed E-state index contributed by atoms with van der Waals surface area (Å²) < 4.78 is 11.1. The molecule has 0 fully saturated rings. The summed E-state index contributed by atoms with van der Waals surface area (Å²) in [5.74, 6) is 1.16. The molecular formula is C23H17NO4. The molecule has 0 bridgehead atoms. The number of hydrogen-bond acceptors (Lipinski definition) is 4. The summed E-state index contributed by atoms with van der Waals surface area (Å²) >= 11 is 0. The summed E-state index contributed by atoms with van der Waals surface area (Å²) in [4.78, 5) is 25.2. The molecule has 0 aromatic heterocycles. The highest BCUT2D eigenvalue weighted by Gasteiger charge is 2.27. The summed E-state index contributed by atoms with van der Waals surface area (Å²) in [5.41, 5.74) is 4.45. The minimum atomic E-state index is -0.221. The van der Waals surface area contributed by atoms with Crippen molar-refractivity contribution >= 4 is 11.7 Å². The van der Waals surface area contributed by atoms with Crippen molar-refractivity contribution in [1.82, 2.24) is 5.32 Å². The van der Waals surface area contributed by atoms with Crippen molar-refractivity contribution in [3.05, 3.63) is 82.9 Å². The lowest BCUT2D eigenvalue weighted by molar-refractivity contribution is 0.0951. The van der Waals surface area contributed by atoms with Crippen LogP contribution < -0.4 is 14.8 Å². The van der Waals surface area contributed by atoms with Gasteiger partial charge in [-0.1, -0.05) is 36.4 Å². The molecule has 0 saturated heterocycles. The summed E-state index contributed by atoms with van der Waals surface area (Å²) in [6.07, 6.45) is 0. The quantitative estimate of drug-likeness (QED) is 0.598. The minimum absolute atomic E-state index is 0.0351. The van der Waals surface area contributed by atoms with Crippen LogP contribution in [-0.4, -0.2) is 24.9 Å². The number of benzene rings is 3. The number of fused-ring (bicyclic) bond motifs is 4. The van der Waals surface area contributed by atoms with Crippen LogP contribution >= 0.6 is 0 Å². The highest BCUT2D eigenvalue weighted by molar-refractivity contribution is 6.22. The first-order valence-corrected chi connectivity index (χ1v) is 9.15. The van der Waals surface area contributed by atoms with E-state index < -0.39 is 0 Å². The molecule has 0 unspecified atom stereocenters. The third-order valence-corrected chi connectivity index (χ3v) is 5.05. The van der Waals surface area contributed by atoms with Gasteiger partial charge in [0, 0.05) is 23.2 Å². The second kappa shape index (κ2) is 6.53. The average molecular weight is 371 g/mol. The third-order valence-electron chi connectivity index (χ3n) is 5.05. The molecule has 1 aliphatic carbocycles. The van der Waals surface area contributed by atoms with Crippen LogP contribution in [0.15, 0.2) is 60.7 Å². The van der Waals surface area contributed by atoms with E-state index in [4.69, 9.17) is 9.47 Å². The number of rotatable bonds is 3. The Bertz CT molecular complexity index is 1120. The second-order valence-corrected chi connectivity index (χ2v) is 6.80. The molecule has 0 saturated carbocycles. The summed E-state index contributed by atoms with van der Waals surface area (Å²) in [6, 6.07) is 18.4. The van der Waals surface area contributed by atoms with Crippen LogP contribution in [0.1, 0.15) is 31.8 Å². The van der Waals surface area contributed by atoms with Crippen LogP contribution in [0.3, 0.4) is 0 Å². The van der Waals surface area contributed by atoms with E-state index in [2.05, 4.69) is 5.32 Å². The Kier molecular flexibility index (Phi) is 3.86. The van der Waals surface area contributed by atoms with Gasteiger partial charge in [-0.25, -0.2) is 0 Å². The summed E-state index contributed by atoms with van der Waals surface area (Å²) in [7, 11) is 0. The number of nitrogens with one attached hydrogen (secondary N) is 1. The van der Waals surface area contributed by atoms with Crippen molar-refractivity contribution < 1.29 is 19.1 Å². The van der Waals surface area contributed by atoms with E-state index in [9.17, 15) is 9.59 Å². The smallest absolute Gasteiger partial charge is 0.251 e. The topological polar surface area (TPSA) is 64.6 Å². The highest BCUT2D eigenvalue weighted by atomic mass is 16.6. The van der Waals surface area contributed by atoms with Gasteiger partial charge in [-0.15, -0.1) is 0 Å². The Hall–Kier alpha value is -3.60. The van der Waals surface area contributed by atoms with Crippen molar-refractivity contribution in [2.75, 3.05) is 13.2 Å². The van der Waals surface area contributed by atoms with Crippen molar-refractivity contribution in [2.24, 2.45) is 0 Å². The lowest BCUT2D eigenvalue weighted by Crippen LogP contribution is -2.23. The summed E-state index contributed by atoms with van der Waals surface area (Å²) in [5, 5.41) is 2.90. The summed E-state index contributed by atoms with van der Waals surface area (Å²) in [6.45, 7) is 1.43. The molecule has 0 spiro atoms. The molecule has 5 rings (SSSR count). The third kappa shape index (κ3) is 2.72. The molecule has 5 heteroatoms. The van der Waals surface area contributed by atoms with E-state index in [1.165, 1.54) is 0 Å². The van der Waals surface area contributed by atoms with Crippen LogP contribution in [0.25, 0.3) is 11.1 Å². The predicted octanol–water partition coefficient (Wildman–Crippen LogP) is 3.60. The van der Waals surface area contributed by atoms with Gasteiger partial charge in [0.25, 0.3) is 5.91 Å². The van der Waals surface area contributed by atoms with Crippen LogP contribution in [0.2, 0.25) is 0 Å². The van der Waals surface area contributed by atoms with Crippen molar-refractivity contribution in [3.63, 3.8) is 0 Å². The zero-order chi connectivity index (χ0) is 19.1. The monoisotopic (exact) mass is 371 g/mol. The van der Waals surface area contributed by atoms with Gasteiger partial charge < -0.3 is 14.8 Å². The molecule has 1 aliphatic heterocycles. The fourth-order valence-electron chi connectivity index (χ4n) is 3.65. The maximum absolute atomic E-state index is 12.6. The van der Waals surface area contributed by atoms with Gasteiger partial charge >= 0.3 is 0 Å². The van der Waals surface area contributed by atoms with Crippen LogP contribution in [0, 0.1) is 0 Å². The normalized spacial score (nSPS) is 13.6. The fraction of sp³-hybridized carbons (Fsp3) is 0.130. The lowest BCUT2D eigenvalue weighted by Gasteiger charge is -2.19.